The van der Waals surface area contributed by atoms with Gasteiger partial charge >= 0.3 is 6.03 Å². The highest BCUT2D eigenvalue weighted by Crippen LogP contribution is 2.12. The molecule has 0 aromatic carbocycles. The van der Waals surface area contributed by atoms with Crippen LogP contribution in [-0.4, -0.2) is 53.7 Å². The van der Waals surface area contributed by atoms with E-state index in [4.69, 9.17) is 0 Å². The van der Waals surface area contributed by atoms with Gasteiger partial charge < -0.3 is 10.4 Å². The number of piperidine rings is 1. The van der Waals surface area contributed by atoms with E-state index in [9.17, 15) is 14.7 Å². The highest BCUT2D eigenvalue weighted by molar-refractivity contribution is 5.96. The molecule has 0 radical (unpaired) electrons. The van der Waals surface area contributed by atoms with Gasteiger partial charge in [0.05, 0.1) is 12.1 Å². The number of β-amino-alcohol motifs (C(OH)–C–C–N with tert-alkyl or cyclic N) is 1. The lowest BCUT2D eigenvalue weighted by Gasteiger charge is -2.33. The van der Waals surface area contributed by atoms with Crippen molar-refractivity contribution in [2.24, 2.45) is 0 Å². The summed E-state index contributed by atoms with van der Waals surface area (Å²) in [5, 5.41) is 14.3. The summed E-state index contributed by atoms with van der Waals surface area (Å²) < 4.78 is 0. The molecule has 1 rings (SSSR count). The Balaban J connectivity index is 2.42. The molecule has 3 N–H and O–H groups in total. The molecule has 3 amide bonds. The van der Waals surface area contributed by atoms with Gasteiger partial charge in [-0.3, -0.25) is 15.0 Å². The van der Waals surface area contributed by atoms with Crippen LogP contribution in [-0.2, 0) is 4.79 Å². The van der Waals surface area contributed by atoms with Gasteiger partial charge in [-0.2, -0.15) is 0 Å². The Morgan fingerprint density at radius 1 is 1.53 bits per heavy atom. The molecular formula is C11H21N3O3. The first-order chi connectivity index (χ1) is 8.04. The molecule has 6 nitrogen and oxygen atoms in total. The second-order valence-electron chi connectivity index (χ2n) is 4.32. The van der Waals surface area contributed by atoms with Gasteiger partial charge in [-0.15, -0.1) is 0 Å². The lowest BCUT2D eigenvalue weighted by Crippen LogP contribution is -2.52. The average Bonchev–Trinajstić information content (AvgIpc) is 2.28. The van der Waals surface area contributed by atoms with Gasteiger partial charge in [0.2, 0.25) is 5.91 Å². The topological polar surface area (TPSA) is 81.7 Å². The van der Waals surface area contributed by atoms with Gasteiger partial charge in [-0.25, -0.2) is 4.79 Å². The van der Waals surface area contributed by atoms with Crippen molar-refractivity contribution in [1.82, 2.24) is 15.5 Å². The predicted molar refractivity (Wildman–Crippen MR) is 63.5 cm³/mol. The molecule has 0 bridgehead atoms. The van der Waals surface area contributed by atoms with E-state index in [0.717, 1.165) is 19.4 Å². The van der Waals surface area contributed by atoms with E-state index >= 15 is 0 Å². The minimum absolute atomic E-state index is 0.329. The van der Waals surface area contributed by atoms with Crippen LogP contribution in [0.5, 0.6) is 0 Å². The van der Waals surface area contributed by atoms with Crippen molar-refractivity contribution >= 4 is 11.9 Å². The van der Waals surface area contributed by atoms with Crippen LogP contribution in [0.4, 0.5) is 4.79 Å². The number of hydrogen-bond acceptors (Lipinski definition) is 4. The van der Waals surface area contributed by atoms with Gasteiger partial charge in [0, 0.05) is 13.1 Å². The Kier molecular flexibility index (Phi) is 5.37. The zero-order valence-electron chi connectivity index (χ0n) is 10.4. The predicted octanol–water partition coefficient (Wildman–Crippen LogP) is -0.323. The van der Waals surface area contributed by atoms with Crippen LogP contribution in [0.2, 0.25) is 0 Å². The molecule has 6 heteroatoms. The Morgan fingerprint density at radius 2 is 2.24 bits per heavy atom. The molecule has 0 spiro atoms. The number of aliphatic hydroxyl groups is 1. The Bertz CT molecular complexity index is 283. The van der Waals surface area contributed by atoms with Crippen molar-refractivity contribution in [3.63, 3.8) is 0 Å². The summed E-state index contributed by atoms with van der Waals surface area (Å²) >= 11 is 0. The summed E-state index contributed by atoms with van der Waals surface area (Å²) in [7, 11) is 0. The number of aliphatic hydroxyl groups excluding tert-OH is 1. The number of carbonyl (C=O) groups excluding carboxylic acids is 2. The highest BCUT2D eigenvalue weighted by Gasteiger charge is 2.27. The van der Waals surface area contributed by atoms with Crippen molar-refractivity contribution in [2.45, 2.75) is 38.8 Å². The van der Waals surface area contributed by atoms with E-state index in [1.165, 1.54) is 0 Å². The second kappa shape index (κ2) is 6.56. The maximum Gasteiger partial charge on any atom is 0.321 e. The molecule has 0 aliphatic carbocycles. The number of likely N-dealkylation sites (tertiary alicyclic amines) is 1. The van der Waals surface area contributed by atoms with Crippen LogP contribution in [0.3, 0.4) is 0 Å². The van der Waals surface area contributed by atoms with E-state index in [2.05, 4.69) is 10.6 Å². The van der Waals surface area contributed by atoms with Crippen LogP contribution in [0.25, 0.3) is 0 Å². The van der Waals surface area contributed by atoms with Crippen molar-refractivity contribution in [3.05, 3.63) is 0 Å². The zero-order chi connectivity index (χ0) is 12.8. The summed E-state index contributed by atoms with van der Waals surface area (Å²) in [5.74, 6) is -0.329. The van der Waals surface area contributed by atoms with Crippen molar-refractivity contribution in [2.75, 3.05) is 19.6 Å². The molecule has 1 fully saturated rings. The minimum Gasteiger partial charge on any atom is -0.392 e. The summed E-state index contributed by atoms with van der Waals surface area (Å²) in [6.07, 6.45) is 1.28. The fourth-order valence-corrected chi connectivity index (χ4v) is 1.92. The van der Waals surface area contributed by atoms with Gasteiger partial charge in [0.15, 0.2) is 0 Å². The second-order valence-corrected chi connectivity index (χ2v) is 4.32. The van der Waals surface area contributed by atoms with Crippen molar-refractivity contribution in [1.29, 1.82) is 0 Å². The lowest BCUT2D eigenvalue weighted by molar-refractivity contribution is -0.125. The summed E-state index contributed by atoms with van der Waals surface area (Å²) in [4.78, 5) is 24.8. The quantitative estimate of drug-likeness (QED) is 0.634. The number of hydrogen-bond donors (Lipinski definition) is 3. The van der Waals surface area contributed by atoms with E-state index < -0.39 is 12.1 Å². The zero-order valence-corrected chi connectivity index (χ0v) is 10.4. The monoisotopic (exact) mass is 243 g/mol. The largest absolute Gasteiger partial charge is 0.392 e. The number of nitrogens with one attached hydrogen (secondary N) is 2. The Hall–Kier alpha value is -1.14. The highest BCUT2D eigenvalue weighted by atomic mass is 16.3. The van der Waals surface area contributed by atoms with Gasteiger partial charge in [-0.05, 0) is 33.2 Å². The first-order valence-electron chi connectivity index (χ1n) is 6.05. The van der Waals surface area contributed by atoms with Crippen LogP contribution < -0.4 is 10.6 Å². The van der Waals surface area contributed by atoms with Crippen LogP contribution in [0.15, 0.2) is 0 Å². The third-order valence-electron chi connectivity index (χ3n) is 2.93. The number of rotatable bonds is 3. The third-order valence-corrected chi connectivity index (χ3v) is 2.93. The van der Waals surface area contributed by atoms with Crippen LogP contribution >= 0.6 is 0 Å². The first kappa shape index (κ1) is 13.9. The van der Waals surface area contributed by atoms with Crippen molar-refractivity contribution in [3.8, 4) is 0 Å². The molecule has 0 aromatic heterocycles. The molecule has 0 aromatic rings. The molecular weight excluding hydrogens is 222 g/mol. The summed E-state index contributed by atoms with van der Waals surface area (Å²) in [6.45, 7) is 5.28. The SMILES string of the molecule is CCNC(=O)NC(=O)C(C)N1CCCC(O)C1. The molecule has 1 heterocycles. The third kappa shape index (κ3) is 4.32. The normalized spacial score (nSPS) is 22.9. The average molecular weight is 243 g/mol. The molecule has 2 atom stereocenters. The molecule has 98 valence electrons. The maximum atomic E-state index is 11.7. The fraction of sp³-hybridized carbons (Fsp3) is 0.818. The van der Waals surface area contributed by atoms with Gasteiger partial charge in [-0.1, -0.05) is 0 Å². The maximum absolute atomic E-state index is 11.7. The number of amides is 3. The minimum atomic E-state index is -0.470. The molecule has 1 aliphatic heterocycles. The van der Waals surface area contributed by atoms with Crippen LogP contribution in [0.1, 0.15) is 26.7 Å². The Labute approximate surface area is 101 Å². The number of urea groups is 1. The molecule has 0 saturated carbocycles. The van der Waals surface area contributed by atoms with E-state index in [-0.39, 0.29) is 12.0 Å². The fourth-order valence-electron chi connectivity index (χ4n) is 1.92. The van der Waals surface area contributed by atoms with Gasteiger partial charge in [0.1, 0.15) is 0 Å². The Morgan fingerprint density at radius 3 is 2.82 bits per heavy atom. The number of nitrogens with zero attached hydrogens (tertiary/aromatic N) is 1. The first-order valence-corrected chi connectivity index (χ1v) is 6.05. The van der Waals surface area contributed by atoms with Crippen LogP contribution in [0, 0.1) is 0 Å². The summed E-state index contributed by atoms with van der Waals surface area (Å²) in [6, 6.07) is -0.866. The van der Waals surface area contributed by atoms with E-state index in [1.807, 2.05) is 4.90 Å². The van der Waals surface area contributed by atoms with E-state index in [0.29, 0.717) is 13.1 Å². The molecule has 1 aliphatic rings. The van der Waals surface area contributed by atoms with Crippen molar-refractivity contribution < 1.29 is 14.7 Å². The lowest BCUT2D eigenvalue weighted by atomic mass is 10.1. The standard InChI is InChI=1S/C11H21N3O3/c1-3-12-11(17)13-10(16)8(2)14-6-4-5-9(15)7-14/h8-9,15H,3-7H2,1-2H3,(H2,12,13,16,17). The molecule has 17 heavy (non-hydrogen) atoms. The number of carbonyl (C=O) groups is 2. The van der Waals surface area contributed by atoms with Gasteiger partial charge in [0.25, 0.3) is 0 Å². The van der Waals surface area contributed by atoms with E-state index in [1.54, 1.807) is 13.8 Å². The molecule has 2 unspecified atom stereocenters. The molecule has 1 saturated heterocycles. The number of imide groups is 1. The summed E-state index contributed by atoms with van der Waals surface area (Å²) in [5.41, 5.74) is 0. The smallest absolute Gasteiger partial charge is 0.321 e.